The highest BCUT2D eigenvalue weighted by molar-refractivity contribution is 6.43. The van der Waals surface area contributed by atoms with Crippen LogP contribution in [0.1, 0.15) is 54.8 Å². The summed E-state index contributed by atoms with van der Waals surface area (Å²) in [6.45, 7) is 1.03. The van der Waals surface area contributed by atoms with Gasteiger partial charge in [-0.2, -0.15) is 0 Å². The first kappa shape index (κ1) is 32.3. The number of dihydropyridines is 1. The fourth-order valence-corrected chi connectivity index (χ4v) is 6.50. The number of hydrogen-bond donors (Lipinski definition) is 4. The average Bonchev–Trinajstić information content (AvgIpc) is 3.33. The molecule has 47 heavy (non-hydrogen) atoms. The number of aliphatic hydroxyl groups is 1. The number of nitrogens with two attached hydrogens (primary N) is 1. The van der Waals surface area contributed by atoms with Crippen molar-refractivity contribution in [2.75, 3.05) is 25.4 Å². The number of nitrogens with one attached hydrogen (secondary N) is 2. The van der Waals surface area contributed by atoms with Gasteiger partial charge in [-0.15, -0.1) is 0 Å². The first-order valence-corrected chi connectivity index (χ1v) is 16.5. The van der Waals surface area contributed by atoms with Crippen LogP contribution in [-0.4, -0.2) is 53.5 Å². The number of esters is 1. The Bertz CT molecular complexity index is 1780. The van der Waals surface area contributed by atoms with Gasteiger partial charge >= 0.3 is 5.97 Å². The second-order valence-corrected chi connectivity index (χ2v) is 12.6. The molecule has 0 bridgehead atoms. The quantitative estimate of drug-likeness (QED) is 0.0664. The van der Waals surface area contributed by atoms with Crippen molar-refractivity contribution >= 4 is 45.8 Å². The van der Waals surface area contributed by atoms with Gasteiger partial charge in [-0.25, -0.2) is 0 Å². The second kappa shape index (κ2) is 14.9. The van der Waals surface area contributed by atoms with Gasteiger partial charge in [0.25, 0.3) is 5.91 Å². The third-order valence-electron chi connectivity index (χ3n) is 8.78. The zero-order chi connectivity index (χ0) is 32.8. The van der Waals surface area contributed by atoms with E-state index in [0.717, 1.165) is 47.8 Å². The van der Waals surface area contributed by atoms with Gasteiger partial charge in [-0.05, 0) is 103 Å². The van der Waals surface area contributed by atoms with Crippen molar-refractivity contribution < 1.29 is 24.2 Å². The minimum Gasteiger partial charge on any atom is -0.493 e. The summed E-state index contributed by atoms with van der Waals surface area (Å²) in [4.78, 5) is 33.1. The number of aryl methyl sites for hydroxylation is 1. The molecule has 3 unspecified atom stereocenters. The minimum absolute atomic E-state index is 0.0242. The number of aromatic amines is 1. The van der Waals surface area contributed by atoms with Crippen molar-refractivity contribution in [2.45, 2.75) is 50.5 Å². The molecule has 0 radical (unpaired) electrons. The smallest absolute Gasteiger partial charge is 0.311 e. The Morgan fingerprint density at radius 3 is 2.64 bits per heavy atom. The normalized spacial score (nSPS) is 18.1. The van der Waals surface area contributed by atoms with Gasteiger partial charge in [-0.1, -0.05) is 29.8 Å². The van der Waals surface area contributed by atoms with Crippen LogP contribution >= 0.6 is 11.6 Å². The molecule has 1 aliphatic heterocycles. The molecule has 4 aromatic rings. The number of aromatic nitrogens is 1. The molecule has 1 aliphatic carbocycles. The van der Waals surface area contributed by atoms with Crippen LogP contribution in [0.25, 0.3) is 10.9 Å². The van der Waals surface area contributed by atoms with E-state index in [2.05, 4.69) is 27.4 Å². The number of amides is 1. The molecule has 0 saturated heterocycles. The number of aliphatic imine (C=N–C) groups is 1. The number of halogens is 1. The molecular formula is C37H39ClN4O5. The first-order valence-electron chi connectivity index (χ1n) is 16.1. The molecule has 10 heteroatoms. The molecule has 0 spiro atoms. The third-order valence-corrected chi connectivity index (χ3v) is 9.01. The fourth-order valence-electron chi connectivity index (χ4n) is 6.32. The van der Waals surface area contributed by atoms with E-state index in [0.29, 0.717) is 53.9 Å². The number of H-pyrrole nitrogens is 1. The van der Waals surface area contributed by atoms with E-state index in [4.69, 9.17) is 26.8 Å². The van der Waals surface area contributed by atoms with E-state index in [1.807, 2.05) is 36.4 Å². The molecule has 1 aromatic heterocycles. The lowest BCUT2D eigenvalue weighted by Gasteiger charge is -2.21. The zero-order valence-corrected chi connectivity index (χ0v) is 26.8. The summed E-state index contributed by atoms with van der Waals surface area (Å²) in [5.74, 6) is 0.762. The summed E-state index contributed by atoms with van der Waals surface area (Å²) in [5, 5.41) is 14.9. The van der Waals surface area contributed by atoms with Gasteiger partial charge in [0.2, 0.25) is 0 Å². The predicted molar refractivity (Wildman–Crippen MR) is 184 cm³/mol. The maximum Gasteiger partial charge on any atom is 0.311 e. The number of nitrogens with zero attached hydrogens (tertiary/aromatic N) is 1. The van der Waals surface area contributed by atoms with E-state index >= 15 is 0 Å². The lowest BCUT2D eigenvalue weighted by atomic mass is 9.85. The monoisotopic (exact) mass is 654 g/mol. The molecule has 0 saturated carbocycles. The number of carbonyl (C=O) groups excluding carboxylic acids is 2. The summed E-state index contributed by atoms with van der Waals surface area (Å²) in [6.07, 6.45) is 6.82. The molecule has 2 aliphatic rings. The van der Waals surface area contributed by atoms with Crippen molar-refractivity contribution in [1.82, 2.24) is 10.3 Å². The second-order valence-electron chi connectivity index (χ2n) is 12.2. The van der Waals surface area contributed by atoms with Crippen LogP contribution in [0.4, 0.5) is 5.69 Å². The molecule has 3 atom stereocenters. The lowest BCUT2D eigenvalue weighted by molar-refractivity contribution is -0.135. The van der Waals surface area contributed by atoms with E-state index < -0.39 is 6.10 Å². The molecule has 9 nitrogen and oxygen atoms in total. The Labute approximate surface area is 278 Å². The highest BCUT2D eigenvalue weighted by Gasteiger charge is 2.30. The van der Waals surface area contributed by atoms with E-state index in [9.17, 15) is 14.7 Å². The van der Waals surface area contributed by atoms with Crippen LogP contribution < -0.4 is 20.5 Å². The summed E-state index contributed by atoms with van der Waals surface area (Å²) in [6, 6.07) is 20.8. The third kappa shape index (κ3) is 8.22. The van der Waals surface area contributed by atoms with Crippen molar-refractivity contribution in [2.24, 2.45) is 10.9 Å². The number of nitrogen functional groups attached to an aromatic ring is 1. The van der Waals surface area contributed by atoms with E-state index in [1.165, 1.54) is 5.56 Å². The molecule has 1 amide bonds. The molecule has 244 valence electrons. The van der Waals surface area contributed by atoms with Gasteiger partial charge in [0, 0.05) is 59.2 Å². The number of rotatable bonds is 11. The van der Waals surface area contributed by atoms with Gasteiger partial charge in [0.1, 0.15) is 17.2 Å². The minimum atomic E-state index is -0.741. The maximum atomic E-state index is 13.0. The summed E-state index contributed by atoms with van der Waals surface area (Å²) >= 11 is 6.40. The summed E-state index contributed by atoms with van der Waals surface area (Å²) in [5.41, 5.74) is 11.3. The van der Waals surface area contributed by atoms with Crippen molar-refractivity contribution in [3.05, 3.63) is 101 Å². The number of fused-ring (bicyclic) bond motifs is 3. The number of anilines is 1. The Hall–Kier alpha value is -4.60. The van der Waals surface area contributed by atoms with Crippen molar-refractivity contribution in [3.8, 4) is 11.5 Å². The number of carbonyl (C=O) groups is 2. The SMILES string of the molecule is Nc1ccc(OC(=O)CC2CCc3c([nH]c4ccc(Cl)cc34)C(c3ccc(OCCC(O)CNC(=O)C4=NCCC=C4)cc3)C2)cc1. The van der Waals surface area contributed by atoms with Gasteiger partial charge in [-0.3, -0.25) is 14.6 Å². The van der Waals surface area contributed by atoms with Crippen molar-refractivity contribution in [3.63, 3.8) is 0 Å². The lowest BCUT2D eigenvalue weighted by Crippen LogP contribution is -2.37. The molecule has 3 aromatic carbocycles. The van der Waals surface area contributed by atoms with Crippen LogP contribution in [0.3, 0.4) is 0 Å². The number of benzene rings is 3. The largest absolute Gasteiger partial charge is 0.493 e. The standard InChI is InChI=1S/C37H39ClN4O5/c38-25-7-15-33-32(21-25)30-14-4-23(20-35(44)47-29-12-8-26(39)9-13-29)19-31(36(30)42-33)24-5-10-28(11-6-24)46-18-16-27(43)22-41-37(45)34-3-1-2-17-40-34/h1,3,5-13,15,21,23,27,31,42-43H,2,4,14,16-20,22,39H2,(H,41,45). The Kier molecular flexibility index (Phi) is 10.2. The molecule has 2 heterocycles. The molecule has 0 fully saturated rings. The average molecular weight is 655 g/mol. The highest BCUT2D eigenvalue weighted by Crippen LogP contribution is 2.42. The maximum absolute atomic E-state index is 13.0. The van der Waals surface area contributed by atoms with Crippen molar-refractivity contribution in [1.29, 1.82) is 0 Å². The van der Waals surface area contributed by atoms with Gasteiger partial charge in [0.05, 0.1) is 12.7 Å². The topological polar surface area (TPSA) is 139 Å². The number of hydrogen-bond acceptors (Lipinski definition) is 7. The number of ether oxygens (including phenoxy) is 2. The van der Waals surface area contributed by atoms with Gasteiger partial charge in [0.15, 0.2) is 0 Å². The van der Waals surface area contributed by atoms with Crippen LogP contribution in [0.15, 0.2) is 83.9 Å². The molecule has 6 rings (SSSR count). The first-order chi connectivity index (χ1) is 22.8. The number of aliphatic hydroxyl groups excluding tert-OH is 1. The molecular weight excluding hydrogens is 616 g/mol. The van der Waals surface area contributed by atoms with E-state index in [-0.39, 0.29) is 30.3 Å². The van der Waals surface area contributed by atoms with Crippen LogP contribution in [-0.2, 0) is 16.0 Å². The summed E-state index contributed by atoms with van der Waals surface area (Å²) < 4.78 is 11.6. The summed E-state index contributed by atoms with van der Waals surface area (Å²) in [7, 11) is 0. The van der Waals surface area contributed by atoms with Crippen LogP contribution in [0.5, 0.6) is 11.5 Å². The highest BCUT2D eigenvalue weighted by atomic mass is 35.5. The Morgan fingerprint density at radius 2 is 1.87 bits per heavy atom. The van der Waals surface area contributed by atoms with Crippen LogP contribution in [0, 0.1) is 5.92 Å². The molecule has 5 N–H and O–H groups in total. The van der Waals surface area contributed by atoms with Crippen LogP contribution in [0.2, 0.25) is 5.02 Å². The Morgan fingerprint density at radius 1 is 1.09 bits per heavy atom. The fraction of sp³-hybridized carbons (Fsp3) is 0.324. The zero-order valence-electron chi connectivity index (χ0n) is 26.1. The van der Waals surface area contributed by atoms with Gasteiger partial charge < -0.3 is 30.6 Å². The van der Waals surface area contributed by atoms with E-state index in [1.54, 1.807) is 30.3 Å². The predicted octanol–water partition coefficient (Wildman–Crippen LogP) is 6.13. The Balaban J connectivity index is 1.11.